The Kier molecular flexibility index (Phi) is 1.77. The van der Waals surface area contributed by atoms with Gasteiger partial charge in [0.1, 0.15) is 5.15 Å². The molecule has 0 atom stereocenters. The maximum atomic E-state index is 11.5. The summed E-state index contributed by atoms with van der Waals surface area (Å²) >= 11 is 5.85. The quantitative estimate of drug-likeness (QED) is 0.591. The Labute approximate surface area is 81.3 Å². The normalized spacial score (nSPS) is 15.0. The first-order valence-corrected chi connectivity index (χ1v) is 4.39. The summed E-state index contributed by atoms with van der Waals surface area (Å²) in [5.74, 6) is 0.0299. The smallest absolute Gasteiger partial charge is 0.255 e. The Balaban J connectivity index is 2.59. The maximum absolute atomic E-state index is 11.5. The molecule has 1 aromatic rings. The summed E-state index contributed by atoms with van der Waals surface area (Å²) in [5, 5.41) is 0.488. The third kappa shape index (κ3) is 1.20. The number of aryl methyl sites for hydroxylation is 1. The first-order chi connectivity index (χ1) is 6.09. The molecule has 2 heterocycles. The average Bonchev–Trinajstić information content (AvgIpc) is 2.32. The van der Waals surface area contributed by atoms with Crippen molar-refractivity contribution in [3.05, 3.63) is 28.0 Å². The number of pyridine rings is 1. The van der Waals surface area contributed by atoms with Crippen molar-refractivity contribution in [2.24, 2.45) is 0 Å². The van der Waals surface area contributed by atoms with Gasteiger partial charge in [-0.15, -0.1) is 0 Å². The number of carbonyl (C=O) groups excluding carboxylic acids is 1. The number of aromatic nitrogens is 1. The first-order valence-electron chi connectivity index (χ1n) is 4.01. The van der Waals surface area contributed by atoms with Crippen LogP contribution in [-0.2, 0) is 6.54 Å². The van der Waals surface area contributed by atoms with Crippen LogP contribution in [0, 0.1) is 6.92 Å². The first kappa shape index (κ1) is 8.51. The Hall–Kier alpha value is -1.09. The van der Waals surface area contributed by atoms with Crippen molar-refractivity contribution >= 4 is 17.5 Å². The Bertz CT molecular complexity index is 389. The fourth-order valence-corrected chi connectivity index (χ4v) is 1.59. The Morgan fingerprint density at radius 3 is 3.00 bits per heavy atom. The van der Waals surface area contributed by atoms with Crippen LogP contribution in [0.3, 0.4) is 0 Å². The van der Waals surface area contributed by atoms with E-state index < -0.39 is 0 Å². The number of hydrogen-bond acceptors (Lipinski definition) is 2. The SMILES string of the molecule is Cc1cc2c(nc1Cl)CN(C)C2=O. The minimum atomic E-state index is 0.0299. The summed E-state index contributed by atoms with van der Waals surface area (Å²) in [4.78, 5) is 17.3. The molecule has 0 spiro atoms. The molecule has 1 aliphatic rings. The minimum absolute atomic E-state index is 0.0299. The van der Waals surface area contributed by atoms with Gasteiger partial charge in [-0.3, -0.25) is 4.79 Å². The van der Waals surface area contributed by atoms with Crippen molar-refractivity contribution in [1.29, 1.82) is 0 Å². The summed E-state index contributed by atoms with van der Waals surface area (Å²) in [6, 6.07) is 1.80. The highest BCUT2D eigenvalue weighted by Crippen LogP contribution is 2.23. The zero-order chi connectivity index (χ0) is 9.59. The van der Waals surface area contributed by atoms with Crippen LogP contribution in [0.25, 0.3) is 0 Å². The molecule has 0 bridgehead atoms. The number of fused-ring (bicyclic) bond motifs is 1. The topological polar surface area (TPSA) is 33.2 Å². The van der Waals surface area contributed by atoms with Crippen LogP contribution >= 0.6 is 11.6 Å². The third-order valence-electron chi connectivity index (χ3n) is 2.19. The van der Waals surface area contributed by atoms with E-state index in [1.54, 1.807) is 18.0 Å². The van der Waals surface area contributed by atoms with Crippen LogP contribution < -0.4 is 0 Å². The van der Waals surface area contributed by atoms with Crippen LogP contribution in [0.1, 0.15) is 21.6 Å². The number of amides is 1. The van der Waals surface area contributed by atoms with Gasteiger partial charge < -0.3 is 4.90 Å². The van der Waals surface area contributed by atoms with E-state index in [9.17, 15) is 4.79 Å². The molecule has 0 aromatic carbocycles. The van der Waals surface area contributed by atoms with E-state index in [1.807, 2.05) is 6.92 Å². The molecule has 0 radical (unpaired) electrons. The van der Waals surface area contributed by atoms with Crippen molar-refractivity contribution in [1.82, 2.24) is 9.88 Å². The lowest BCUT2D eigenvalue weighted by Gasteiger charge is -2.03. The van der Waals surface area contributed by atoms with Crippen LogP contribution in [0.2, 0.25) is 5.15 Å². The van der Waals surface area contributed by atoms with Crippen LogP contribution in [0.5, 0.6) is 0 Å². The minimum Gasteiger partial charge on any atom is -0.336 e. The van der Waals surface area contributed by atoms with E-state index in [0.717, 1.165) is 11.3 Å². The van der Waals surface area contributed by atoms with Crippen LogP contribution in [0.4, 0.5) is 0 Å². The number of rotatable bonds is 0. The molecule has 0 fully saturated rings. The van der Waals surface area contributed by atoms with Gasteiger partial charge in [-0.05, 0) is 18.6 Å². The molecule has 0 unspecified atom stereocenters. The maximum Gasteiger partial charge on any atom is 0.255 e. The van der Waals surface area contributed by atoms with Gasteiger partial charge in [-0.1, -0.05) is 11.6 Å². The molecule has 4 heteroatoms. The van der Waals surface area contributed by atoms with Crippen molar-refractivity contribution < 1.29 is 4.79 Å². The molecule has 0 aliphatic carbocycles. The summed E-state index contributed by atoms with van der Waals surface area (Å²) in [6.07, 6.45) is 0. The fourth-order valence-electron chi connectivity index (χ4n) is 1.43. The fraction of sp³-hybridized carbons (Fsp3) is 0.333. The molecule has 0 N–H and O–H groups in total. The molecule has 1 amide bonds. The monoisotopic (exact) mass is 196 g/mol. The zero-order valence-electron chi connectivity index (χ0n) is 7.47. The van der Waals surface area contributed by atoms with Gasteiger partial charge >= 0.3 is 0 Å². The van der Waals surface area contributed by atoms with E-state index in [0.29, 0.717) is 17.3 Å². The Morgan fingerprint density at radius 2 is 2.31 bits per heavy atom. The molecular formula is C9H9ClN2O. The standard InChI is InChI=1S/C9H9ClN2O/c1-5-3-6-7(11-8(5)10)4-12(2)9(6)13/h3H,4H2,1-2H3. The molecule has 2 rings (SSSR count). The highest BCUT2D eigenvalue weighted by Gasteiger charge is 2.26. The number of hydrogen-bond donors (Lipinski definition) is 0. The predicted molar refractivity (Wildman–Crippen MR) is 49.8 cm³/mol. The van der Waals surface area contributed by atoms with Crippen molar-refractivity contribution in [3.8, 4) is 0 Å². The molecule has 0 saturated carbocycles. The molecule has 68 valence electrons. The number of carbonyl (C=O) groups is 1. The van der Waals surface area contributed by atoms with Gasteiger partial charge in [0.15, 0.2) is 0 Å². The molecule has 0 saturated heterocycles. The van der Waals surface area contributed by atoms with Gasteiger partial charge in [-0.25, -0.2) is 4.98 Å². The third-order valence-corrected chi connectivity index (χ3v) is 2.58. The van der Waals surface area contributed by atoms with Crippen molar-refractivity contribution in [2.45, 2.75) is 13.5 Å². The predicted octanol–water partition coefficient (Wildman–Crippen LogP) is 1.63. The summed E-state index contributed by atoms with van der Waals surface area (Å²) in [5.41, 5.74) is 2.32. The largest absolute Gasteiger partial charge is 0.336 e. The van der Waals surface area contributed by atoms with Gasteiger partial charge in [0.2, 0.25) is 0 Å². The molecule has 3 nitrogen and oxygen atoms in total. The molecular weight excluding hydrogens is 188 g/mol. The number of halogens is 1. The van der Waals surface area contributed by atoms with Gasteiger partial charge in [-0.2, -0.15) is 0 Å². The van der Waals surface area contributed by atoms with E-state index in [4.69, 9.17) is 11.6 Å². The highest BCUT2D eigenvalue weighted by molar-refractivity contribution is 6.30. The van der Waals surface area contributed by atoms with Crippen molar-refractivity contribution in [3.63, 3.8) is 0 Å². The van der Waals surface area contributed by atoms with Crippen LogP contribution in [0.15, 0.2) is 6.07 Å². The summed E-state index contributed by atoms with van der Waals surface area (Å²) in [7, 11) is 1.76. The average molecular weight is 197 g/mol. The van der Waals surface area contributed by atoms with E-state index >= 15 is 0 Å². The summed E-state index contributed by atoms with van der Waals surface area (Å²) < 4.78 is 0. The second-order valence-electron chi connectivity index (χ2n) is 3.25. The zero-order valence-corrected chi connectivity index (χ0v) is 8.22. The Morgan fingerprint density at radius 1 is 1.62 bits per heavy atom. The lowest BCUT2D eigenvalue weighted by Crippen LogP contribution is -2.17. The lowest BCUT2D eigenvalue weighted by atomic mass is 10.2. The van der Waals surface area contributed by atoms with Crippen molar-refractivity contribution in [2.75, 3.05) is 7.05 Å². The summed E-state index contributed by atoms with van der Waals surface area (Å²) in [6.45, 7) is 2.41. The molecule has 1 aliphatic heterocycles. The molecule has 1 aromatic heterocycles. The van der Waals surface area contributed by atoms with Crippen LogP contribution in [-0.4, -0.2) is 22.8 Å². The second kappa shape index (κ2) is 2.70. The van der Waals surface area contributed by atoms with E-state index in [2.05, 4.69) is 4.98 Å². The van der Waals surface area contributed by atoms with Gasteiger partial charge in [0, 0.05) is 7.05 Å². The van der Waals surface area contributed by atoms with E-state index in [1.165, 1.54) is 0 Å². The molecule has 13 heavy (non-hydrogen) atoms. The van der Waals surface area contributed by atoms with Gasteiger partial charge in [0.05, 0.1) is 17.8 Å². The lowest BCUT2D eigenvalue weighted by molar-refractivity contribution is 0.0816. The van der Waals surface area contributed by atoms with Gasteiger partial charge in [0.25, 0.3) is 5.91 Å². The number of nitrogens with zero attached hydrogens (tertiary/aromatic N) is 2. The second-order valence-corrected chi connectivity index (χ2v) is 3.61. The van der Waals surface area contributed by atoms with E-state index in [-0.39, 0.29) is 5.91 Å². The highest BCUT2D eigenvalue weighted by atomic mass is 35.5.